The molecule has 0 saturated carbocycles. The van der Waals surface area contributed by atoms with Crippen molar-refractivity contribution in [2.75, 3.05) is 0 Å². The van der Waals surface area contributed by atoms with E-state index >= 15 is 0 Å². The Kier molecular flexibility index (Phi) is 7.16. The van der Waals surface area contributed by atoms with E-state index in [1.807, 2.05) is 54.7 Å². The second kappa shape index (κ2) is 12.9. The van der Waals surface area contributed by atoms with Gasteiger partial charge in [0.05, 0.1) is 0 Å². The predicted molar refractivity (Wildman–Crippen MR) is 195 cm³/mol. The summed E-state index contributed by atoms with van der Waals surface area (Å²) in [5.74, 6) is 7.14. The Hall–Kier alpha value is -3.19. The number of fused-ring (bicyclic) bond motifs is 7. The molecule has 0 saturated heterocycles. The zero-order valence-corrected chi connectivity index (χ0v) is 31.0. The van der Waals surface area contributed by atoms with Gasteiger partial charge in [-0.05, 0) is 57.3 Å². The molecular formula is C39H32GeIrN2S2-2. The van der Waals surface area contributed by atoms with Crippen LogP contribution in [-0.2, 0) is 20.1 Å². The van der Waals surface area contributed by atoms with E-state index in [2.05, 4.69) is 75.8 Å². The molecule has 1 radical (unpaired) electrons. The monoisotopic (exact) mass is 865 g/mol. The van der Waals surface area contributed by atoms with Crippen LogP contribution in [0.5, 0.6) is 0 Å². The Morgan fingerprint density at radius 1 is 0.711 bits per heavy atom. The predicted octanol–water partition coefficient (Wildman–Crippen LogP) is 11.0. The summed E-state index contributed by atoms with van der Waals surface area (Å²) in [6.07, 6.45) is 3.22. The number of benzene rings is 4. The van der Waals surface area contributed by atoms with Gasteiger partial charge in [0.2, 0.25) is 0 Å². The van der Waals surface area contributed by atoms with Gasteiger partial charge in [-0.2, -0.15) is 22.7 Å². The smallest absolute Gasteiger partial charge is 0 e. The van der Waals surface area contributed by atoms with Crippen molar-refractivity contribution in [2.24, 2.45) is 0 Å². The summed E-state index contributed by atoms with van der Waals surface area (Å²) in [7, 11) is 0. The molecule has 8 aromatic rings. The minimum atomic E-state index is -2.58. The quantitative estimate of drug-likeness (QED) is 0.131. The minimum absolute atomic E-state index is 0. The van der Waals surface area contributed by atoms with Crippen LogP contribution in [-0.4, -0.2) is 23.2 Å². The second-order valence-corrected chi connectivity index (χ2v) is 24.4. The Labute approximate surface area is 297 Å². The molecule has 0 aliphatic heterocycles. The van der Waals surface area contributed by atoms with Gasteiger partial charge in [0.1, 0.15) is 0 Å². The normalized spacial score (nSPS) is 14.0. The number of pyridine rings is 2. The molecule has 0 unspecified atom stereocenters. The molecule has 2 nitrogen and oxygen atoms in total. The molecule has 6 heteroatoms. The summed E-state index contributed by atoms with van der Waals surface area (Å²) in [6.45, 7) is -5.15. The van der Waals surface area contributed by atoms with E-state index in [-0.39, 0.29) is 31.2 Å². The fourth-order valence-electron chi connectivity index (χ4n) is 5.34. The molecule has 0 N–H and O–H groups in total. The van der Waals surface area contributed by atoms with Gasteiger partial charge in [-0.15, -0.1) is 11.6 Å². The van der Waals surface area contributed by atoms with Crippen LogP contribution in [0.1, 0.15) is 19.4 Å². The molecule has 4 aromatic carbocycles. The van der Waals surface area contributed by atoms with Gasteiger partial charge in [-0.3, -0.25) is 0 Å². The maximum Gasteiger partial charge on any atom is 0 e. The zero-order valence-electron chi connectivity index (χ0n) is 30.9. The van der Waals surface area contributed by atoms with Gasteiger partial charge in [-0.25, -0.2) is 0 Å². The van der Waals surface area contributed by atoms with Crippen molar-refractivity contribution in [3.05, 3.63) is 127 Å². The van der Waals surface area contributed by atoms with Crippen molar-refractivity contribution in [2.45, 2.75) is 31.0 Å². The third-order valence-corrected chi connectivity index (χ3v) is 14.2. The van der Waals surface area contributed by atoms with Crippen LogP contribution in [0.3, 0.4) is 0 Å². The largest absolute Gasteiger partial charge is 0 e. The Morgan fingerprint density at radius 3 is 2.07 bits per heavy atom. The SMILES string of the molecule is [2H]C([2H])([2H])c1cnc(-c2[c-]c3sc4ccccc4c3c3c2sc2ccccc23)cc1C([2H])([2H])[2H].[CH3][Ge]([CH3])([CH3])[c]1ccc(-c2[c-]cccc2)nc1.[Ir]. The Morgan fingerprint density at radius 2 is 1.40 bits per heavy atom. The van der Waals surface area contributed by atoms with Crippen LogP contribution in [0.4, 0.5) is 0 Å². The van der Waals surface area contributed by atoms with Crippen molar-refractivity contribution < 1.29 is 28.3 Å². The molecule has 0 spiro atoms. The number of aromatic nitrogens is 2. The van der Waals surface area contributed by atoms with Crippen LogP contribution in [0.15, 0.2) is 103 Å². The van der Waals surface area contributed by atoms with E-state index in [0.717, 1.165) is 51.6 Å². The maximum atomic E-state index is 7.96. The first kappa shape index (κ1) is 25.0. The van der Waals surface area contributed by atoms with Crippen molar-refractivity contribution in [3.63, 3.8) is 0 Å². The third-order valence-electron chi connectivity index (χ3n) is 7.68. The van der Waals surface area contributed by atoms with Gasteiger partial charge in [0, 0.05) is 43.9 Å². The van der Waals surface area contributed by atoms with E-state index in [1.165, 1.54) is 16.7 Å². The van der Waals surface area contributed by atoms with Crippen LogP contribution in [0, 0.1) is 25.8 Å². The topological polar surface area (TPSA) is 25.8 Å². The number of nitrogens with zero attached hydrogens (tertiary/aromatic N) is 2. The third kappa shape index (κ3) is 6.17. The average Bonchev–Trinajstić information content (AvgIpc) is 3.65. The summed E-state index contributed by atoms with van der Waals surface area (Å²) in [4.78, 5) is 8.97. The van der Waals surface area contributed by atoms with Crippen molar-refractivity contribution in [1.29, 1.82) is 0 Å². The number of aryl methyl sites for hydroxylation is 2. The first-order valence-corrected chi connectivity index (χ1v) is 23.3. The molecule has 0 aliphatic rings. The molecule has 45 heavy (non-hydrogen) atoms. The number of thiophene rings is 2. The van der Waals surface area contributed by atoms with Crippen molar-refractivity contribution in [3.8, 4) is 22.5 Å². The fraction of sp³-hybridized carbons (Fsp3) is 0.128. The molecule has 0 amide bonds. The molecule has 8 rings (SSSR count). The van der Waals surface area contributed by atoms with Gasteiger partial charge < -0.3 is 4.98 Å². The van der Waals surface area contributed by atoms with Crippen LogP contribution >= 0.6 is 22.7 Å². The average molecular weight is 864 g/mol. The molecule has 0 fully saturated rings. The van der Waals surface area contributed by atoms with E-state index in [4.69, 9.17) is 8.22 Å². The van der Waals surface area contributed by atoms with E-state index in [0.29, 0.717) is 11.3 Å². The fourth-order valence-corrected chi connectivity index (χ4v) is 9.85. The van der Waals surface area contributed by atoms with Crippen molar-refractivity contribution >= 4 is 80.7 Å². The van der Waals surface area contributed by atoms with Gasteiger partial charge in [-0.1, -0.05) is 58.8 Å². The van der Waals surface area contributed by atoms with Crippen LogP contribution in [0.25, 0.3) is 62.9 Å². The van der Waals surface area contributed by atoms with Gasteiger partial charge >= 0.3 is 99.8 Å². The zero-order chi connectivity index (χ0) is 35.4. The molecular weight excluding hydrogens is 825 g/mol. The summed E-state index contributed by atoms with van der Waals surface area (Å²) < 4.78 is 52.9. The first-order chi connectivity index (χ1) is 23.7. The van der Waals surface area contributed by atoms with Crippen LogP contribution in [0.2, 0.25) is 17.3 Å². The summed E-state index contributed by atoms with van der Waals surface area (Å²) >= 11 is 1.53. The molecule has 4 aromatic heterocycles. The van der Waals surface area contributed by atoms with E-state index in [9.17, 15) is 0 Å². The maximum absolute atomic E-state index is 7.96. The van der Waals surface area contributed by atoms with E-state index < -0.39 is 27.0 Å². The standard InChI is InChI=1S/C25H16NS2.C14H16GeN.Ir/c1-14-11-19(26-13-15(14)2)18-12-22-23(16-7-3-5-9-20(16)27-22)24-17-8-4-6-10-21(17)28-25(18)24;1-15(2,3)13-9-10-14(16-11-13)12-7-5-4-6-8-12;/h3-11,13H,1-2H3;4-7,9-11H,1-3H3;/q2*-1;/i1D3,2D3;;. The van der Waals surface area contributed by atoms with Gasteiger partial charge in [0.15, 0.2) is 0 Å². The minimum Gasteiger partial charge on any atom is 0 e. The van der Waals surface area contributed by atoms with Crippen LogP contribution < -0.4 is 4.40 Å². The molecule has 225 valence electrons. The number of hydrogen-bond acceptors (Lipinski definition) is 4. The first-order valence-electron chi connectivity index (χ1n) is 17.3. The number of rotatable bonds is 3. The molecule has 0 bridgehead atoms. The number of hydrogen-bond donors (Lipinski definition) is 0. The summed E-state index contributed by atoms with van der Waals surface area (Å²) in [6, 6.07) is 36.8. The summed E-state index contributed by atoms with van der Waals surface area (Å²) in [5.41, 5.74) is 2.74. The Balaban J connectivity index is 0.000000222. The molecule has 4 heterocycles. The van der Waals surface area contributed by atoms with Crippen molar-refractivity contribution in [1.82, 2.24) is 9.97 Å². The summed E-state index contributed by atoms with van der Waals surface area (Å²) in [5, 5.41) is 4.51. The molecule has 0 aliphatic carbocycles. The van der Waals surface area contributed by atoms with E-state index in [1.54, 1.807) is 22.7 Å². The molecule has 0 atom stereocenters. The van der Waals surface area contributed by atoms with Gasteiger partial charge in [0.25, 0.3) is 0 Å². The Bertz CT molecular complexity index is 2500. The second-order valence-electron chi connectivity index (χ2n) is 11.7.